The van der Waals surface area contributed by atoms with Gasteiger partial charge in [-0.2, -0.15) is 18.2 Å². The highest BCUT2D eigenvalue weighted by Gasteiger charge is 2.38. The van der Waals surface area contributed by atoms with Crippen molar-refractivity contribution in [3.63, 3.8) is 0 Å². The van der Waals surface area contributed by atoms with Crippen molar-refractivity contribution in [2.45, 2.75) is 38.0 Å². The maximum Gasteiger partial charge on any atom is 0.471 e. The van der Waals surface area contributed by atoms with Gasteiger partial charge in [0.15, 0.2) is 0 Å². The fraction of sp³-hybridized carbons (Fsp3) is 0.400. The SMILES string of the molecule is Cc1nc2ccc(-c3noc(C(F)(F)F)n3)cn2c1S(C)(=O)=NC(C)C. The van der Waals surface area contributed by atoms with Crippen molar-refractivity contribution in [1.82, 2.24) is 19.5 Å². The molecule has 26 heavy (non-hydrogen) atoms. The Kier molecular flexibility index (Phi) is 4.29. The van der Waals surface area contributed by atoms with E-state index in [9.17, 15) is 17.4 Å². The van der Waals surface area contributed by atoms with E-state index in [1.807, 2.05) is 13.8 Å². The van der Waals surface area contributed by atoms with Gasteiger partial charge in [0.05, 0.1) is 21.5 Å². The summed E-state index contributed by atoms with van der Waals surface area (Å²) in [4.78, 5) is 7.72. The van der Waals surface area contributed by atoms with E-state index < -0.39 is 21.8 Å². The lowest BCUT2D eigenvalue weighted by Gasteiger charge is -2.08. The Bertz CT molecular complexity index is 1090. The average Bonchev–Trinajstić information content (AvgIpc) is 3.07. The molecule has 0 bridgehead atoms. The number of fused-ring (bicyclic) bond motifs is 1. The Morgan fingerprint density at radius 3 is 2.54 bits per heavy atom. The summed E-state index contributed by atoms with van der Waals surface area (Å²) < 4.78 is 61.1. The number of alkyl halides is 3. The minimum Gasteiger partial charge on any atom is -0.329 e. The molecule has 0 aliphatic carbocycles. The van der Waals surface area contributed by atoms with Gasteiger partial charge in [0.2, 0.25) is 5.82 Å². The first-order chi connectivity index (χ1) is 12.0. The number of halogens is 3. The fourth-order valence-electron chi connectivity index (χ4n) is 2.64. The number of aromatic nitrogens is 4. The number of aryl methyl sites for hydroxylation is 1. The van der Waals surface area contributed by atoms with Crippen LogP contribution >= 0.6 is 0 Å². The van der Waals surface area contributed by atoms with Gasteiger partial charge in [-0.25, -0.2) is 13.6 Å². The van der Waals surface area contributed by atoms with Crippen LogP contribution in [0.4, 0.5) is 13.2 Å². The second-order valence-corrected chi connectivity index (χ2v) is 8.27. The van der Waals surface area contributed by atoms with E-state index in [0.29, 0.717) is 16.4 Å². The highest BCUT2D eigenvalue weighted by Crippen LogP contribution is 2.30. The average molecular weight is 387 g/mol. The largest absolute Gasteiger partial charge is 0.471 e. The van der Waals surface area contributed by atoms with Crippen LogP contribution < -0.4 is 0 Å². The third kappa shape index (κ3) is 3.30. The lowest BCUT2D eigenvalue weighted by Crippen LogP contribution is -2.07. The van der Waals surface area contributed by atoms with Crippen molar-refractivity contribution >= 4 is 15.4 Å². The van der Waals surface area contributed by atoms with Crippen LogP contribution in [0.5, 0.6) is 0 Å². The second-order valence-electron chi connectivity index (χ2n) is 6.07. The zero-order valence-corrected chi connectivity index (χ0v) is 15.2. The van der Waals surface area contributed by atoms with Gasteiger partial charge in [-0.3, -0.25) is 4.40 Å². The van der Waals surface area contributed by atoms with E-state index >= 15 is 0 Å². The van der Waals surface area contributed by atoms with Gasteiger partial charge in [0.1, 0.15) is 10.7 Å². The maximum absolute atomic E-state index is 13.1. The van der Waals surface area contributed by atoms with E-state index in [1.165, 1.54) is 18.5 Å². The molecule has 3 heterocycles. The van der Waals surface area contributed by atoms with E-state index in [-0.39, 0.29) is 17.4 Å². The van der Waals surface area contributed by atoms with Crippen molar-refractivity contribution in [3.8, 4) is 11.4 Å². The molecule has 1 unspecified atom stereocenters. The van der Waals surface area contributed by atoms with E-state index in [2.05, 4.69) is 24.0 Å². The summed E-state index contributed by atoms with van der Waals surface area (Å²) >= 11 is 0. The van der Waals surface area contributed by atoms with Gasteiger partial charge in [-0.15, -0.1) is 0 Å². The maximum atomic E-state index is 13.1. The van der Waals surface area contributed by atoms with Crippen molar-refractivity contribution in [1.29, 1.82) is 0 Å². The zero-order chi connectivity index (χ0) is 19.3. The lowest BCUT2D eigenvalue weighted by atomic mass is 10.3. The predicted molar refractivity (Wildman–Crippen MR) is 88.1 cm³/mol. The summed E-state index contributed by atoms with van der Waals surface area (Å²) in [5.74, 6) is -1.65. The van der Waals surface area contributed by atoms with Crippen molar-refractivity contribution < 1.29 is 21.9 Å². The first kappa shape index (κ1) is 18.4. The van der Waals surface area contributed by atoms with Gasteiger partial charge in [0, 0.05) is 18.0 Å². The molecule has 0 aliphatic heterocycles. The molecular formula is C15H16F3N5O2S. The van der Waals surface area contributed by atoms with Crippen molar-refractivity contribution in [2.24, 2.45) is 4.36 Å². The Hall–Kier alpha value is -2.43. The molecule has 0 saturated heterocycles. The van der Waals surface area contributed by atoms with Gasteiger partial charge in [0.25, 0.3) is 0 Å². The molecule has 7 nitrogen and oxygen atoms in total. The minimum atomic E-state index is -4.72. The first-order valence-corrected chi connectivity index (χ1v) is 9.52. The number of imidazole rings is 1. The molecule has 0 amide bonds. The quantitative estimate of drug-likeness (QED) is 0.686. The number of rotatable bonds is 3. The van der Waals surface area contributed by atoms with Crippen molar-refractivity contribution in [2.75, 3.05) is 6.26 Å². The molecule has 3 aromatic heterocycles. The molecule has 0 saturated carbocycles. The summed E-state index contributed by atoms with van der Waals surface area (Å²) in [6.45, 7) is 5.33. The van der Waals surface area contributed by atoms with Crippen molar-refractivity contribution in [3.05, 3.63) is 29.9 Å². The number of hydrogen-bond acceptors (Lipinski definition) is 6. The minimum absolute atomic E-state index is 0.160. The van der Waals surface area contributed by atoms with Gasteiger partial charge >= 0.3 is 12.1 Å². The molecule has 0 aliphatic rings. The summed E-state index contributed by atoms with van der Waals surface area (Å²) in [6.07, 6.45) is -1.74. The van der Waals surface area contributed by atoms with Gasteiger partial charge < -0.3 is 4.52 Å². The molecule has 0 radical (unpaired) electrons. The van der Waals surface area contributed by atoms with Gasteiger partial charge in [-0.05, 0) is 32.9 Å². The van der Waals surface area contributed by atoms with Crippen LogP contribution in [0.15, 0.2) is 32.2 Å². The zero-order valence-electron chi connectivity index (χ0n) is 14.4. The molecule has 140 valence electrons. The Labute approximate surface area is 147 Å². The van der Waals surface area contributed by atoms with Crippen LogP contribution in [0.1, 0.15) is 25.4 Å². The third-order valence-corrected chi connectivity index (χ3v) is 5.47. The molecule has 0 spiro atoms. The highest BCUT2D eigenvalue weighted by molar-refractivity contribution is 7.93. The summed E-state index contributed by atoms with van der Waals surface area (Å²) in [6, 6.07) is 2.95. The number of pyridine rings is 1. The van der Waals surface area contributed by atoms with E-state index in [0.717, 1.165) is 0 Å². The Morgan fingerprint density at radius 1 is 1.27 bits per heavy atom. The van der Waals surface area contributed by atoms with Crippen LogP contribution in [-0.4, -0.2) is 36.0 Å². The van der Waals surface area contributed by atoms with E-state index in [1.54, 1.807) is 17.4 Å². The van der Waals surface area contributed by atoms with E-state index in [4.69, 9.17) is 0 Å². The fourth-order valence-corrected chi connectivity index (χ4v) is 4.65. The van der Waals surface area contributed by atoms with Gasteiger partial charge in [-0.1, -0.05) is 5.16 Å². The second kappa shape index (κ2) is 6.08. The lowest BCUT2D eigenvalue weighted by molar-refractivity contribution is -0.159. The summed E-state index contributed by atoms with van der Waals surface area (Å²) in [7, 11) is -2.76. The molecule has 3 rings (SSSR count). The summed E-state index contributed by atoms with van der Waals surface area (Å²) in [5.41, 5.74) is 1.30. The normalized spacial score (nSPS) is 14.8. The molecule has 11 heteroatoms. The van der Waals surface area contributed by atoms with Crippen LogP contribution in [0.3, 0.4) is 0 Å². The number of hydrogen-bond donors (Lipinski definition) is 0. The predicted octanol–water partition coefficient (Wildman–Crippen LogP) is 3.58. The molecule has 1 atom stereocenters. The molecule has 3 aromatic rings. The highest BCUT2D eigenvalue weighted by atomic mass is 32.2. The standard InChI is InChI=1S/C15H16F3N5O2S/c1-8(2)22-26(4,24)13-9(3)19-11-6-5-10(7-23(11)13)12-20-14(25-21-12)15(16,17)18/h5-8H,1-4H3. The van der Waals surface area contributed by atoms with Crippen LogP contribution in [-0.2, 0) is 15.9 Å². The third-order valence-electron chi connectivity index (χ3n) is 3.43. The molecule has 0 aromatic carbocycles. The Morgan fingerprint density at radius 2 is 1.96 bits per heavy atom. The Balaban J connectivity index is 2.19. The molecule has 0 N–H and O–H groups in total. The smallest absolute Gasteiger partial charge is 0.329 e. The topological polar surface area (TPSA) is 85.6 Å². The summed E-state index contributed by atoms with van der Waals surface area (Å²) in [5, 5.41) is 3.76. The molecular weight excluding hydrogens is 371 g/mol. The number of nitrogens with zero attached hydrogens (tertiary/aromatic N) is 5. The monoisotopic (exact) mass is 387 g/mol. The van der Waals surface area contributed by atoms with Crippen LogP contribution in [0.2, 0.25) is 0 Å². The molecule has 0 fully saturated rings. The first-order valence-electron chi connectivity index (χ1n) is 7.60. The van der Waals surface area contributed by atoms with Crippen LogP contribution in [0.25, 0.3) is 17.0 Å². The van der Waals surface area contributed by atoms with Crippen LogP contribution in [0, 0.1) is 6.92 Å².